The highest BCUT2D eigenvalue weighted by Crippen LogP contribution is 2.24. The molecule has 4 nitrogen and oxygen atoms in total. The Morgan fingerprint density at radius 3 is 2.88 bits per heavy atom. The normalized spacial score (nSPS) is 18.1. The lowest BCUT2D eigenvalue weighted by Gasteiger charge is -2.24. The van der Waals surface area contributed by atoms with Crippen LogP contribution in [0.25, 0.3) is 0 Å². The number of nitrogens with zero attached hydrogens (tertiary/aromatic N) is 1. The predicted octanol–water partition coefficient (Wildman–Crippen LogP) is 1.58. The van der Waals surface area contributed by atoms with E-state index in [9.17, 15) is 8.42 Å². The summed E-state index contributed by atoms with van der Waals surface area (Å²) in [6.45, 7) is 2.82. The molecule has 1 aromatic heterocycles. The zero-order valence-corrected chi connectivity index (χ0v) is 11.2. The van der Waals surface area contributed by atoms with E-state index in [0.29, 0.717) is 22.9 Å². The summed E-state index contributed by atoms with van der Waals surface area (Å²) >= 11 is 1.27. The van der Waals surface area contributed by atoms with E-state index >= 15 is 0 Å². The minimum Gasteiger partial charge on any atom is -0.391 e. The van der Waals surface area contributed by atoms with Gasteiger partial charge in [-0.25, -0.2) is 8.42 Å². The van der Waals surface area contributed by atoms with Crippen molar-refractivity contribution in [2.75, 3.05) is 13.1 Å². The molecule has 1 aromatic rings. The molecule has 1 aliphatic rings. The number of aliphatic hydroxyl groups is 1. The zero-order chi connectivity index (χ0) is 12.5. The Bertz CT molecular complexity index is 531. The van der Waals surface area contributed by atoms with Crippen LogP contribution in [-0.4, -0.2) is 30.9 Å². The van der Waals surface area contributed by atoms with Gasteiger partial charge in [0.2, 0.25) is 10.0 Å². The standard InChI is InChI=1S/C11H15NO3S2/c1-9-3-2-4-12(6-9)17(14,15)11-5-10(7-13)16-8-11/h3,5,8,13H,2,4,6-7H2,1H3. The zero-order valence-electron chi connectivity index (χ0n) is 9.59. The molecule has 6 heteroatoms. The molecule has 94 valence electrons. The second kappa shape index (κ2) is 4.89. The lowest BCUT2D eigenvalue weighted by molar-refractivity contribution is 0.285. The monoisotopic (exact) mass is 273 g/mol. The highest BCUT2D eigenvalue weighted by molar-refractivity contribution is 7.89. The quantitative estimate of drug-likeness (QED) is 0.851. The maximum atomic E-state index is 12.3. The van der Waals surface area contributed by atoms with Crippen LogP contribution in [0, 0.1) is 0 Å². The van der Waals surface area contributed by atoms with Crippen LogP contribution in [0.5, 0.6) is 0 Å². The third-order valence-electron chi connectivity index (χ3n) is 2.72. The van der Waals surface area contributed by atoms with Gasteiger partial charge in [-0.3, -0.25) is 0 Å². The first-order valence-electron chi connectivity index (χ1n) is 5.38. The molecule has 0 bridgehead atoms. The third kappa shape index (κ3) is 2.60. The Morgan fingerprint density at radius 1 is 1.53 bits per heavy atom. The summed E-state index contributed by atoms with van der Waals surface area (Å²) in [5.41, 5.74) is 1.08. The van der Waals surface area contributed by atoms with Crippen molar-refractivity contribution in [3.63, 3.8) is 0 Å². The average Bonchev–Trinajstić information content (AvgIpc) is 2.78. The van der Waals surface area contributed by atoms with Gasteiger partial charge in [0.25, 0.3) is 0 Å². The molecule has 0 saturated carbocycles. The first kappa shape index (κ1) is 12.8. The van der Waals surface area contributed by atoms with Gasteiger partial charge in [0.05, 0.1) is 11.5 Å². The molecule has 0 fully saturated rings. The van der Waals surface area contributed by atoms with E-state index in [4.69, 9.17) is 5.11 Å². The smallest absolute Gasteiger partial charge is 0.244 e. The van der Waals surface area contributed by atoms with Gasteiger partial charge in [0.15, 0.2) is 0 Å². The van der Waals surface area contributed by atoms with Crippen LogP contribution < -0.4 is 0 Å². The molecule has 0 atom stereocenters. The average molecular weight is 273 g/mol. The van der Waals surface area contributed by atoms with E-state index in [1.54, 1.807) is 11.4 Å². The Morgan fingerprint density at radius 2 is 2.29 bits per heavy atom. The molecule has 0 aliphatic carbocycles. The molecule has 1 aliphatic heterocycles. The van der Waals surface area contributed by atoms with Crippen molar-refractivity contribution in [3.05, 3.63) is 28.0 Å². The van der Waals surface area contributed by atoms with E-state index in [1.807, 2.05) is 6.92 Å². The largest absolute Gasteiger partial charge is 0.391 e. The van der Waals surface area contributed by atoms with Crippen molar-refractivity contribution in [2.24, 2.45) is 0 Å². The Hall–Kier alpha value is -0.690. The third-order valence-corrected chi connectivity index (χ3v) is 5.61. The highest BCUT2D eigenvalue weighted by atomic mass is 32.2. The van der Waals surface area contributed by atoms with Gasteiger partial charge < -0.3 is 5.11 Å². The van der Waals surface area contributed by atoms with Gasteiger partial charge in [-0.05, 0) is 19.4 Å². The van der Waals surface area contributed by atoms with Crippen molar-refractivity contribution >= 4 is 21.4 Å². The number of sulfonamides is 1. The van der Waals surface area contributed by atoms with E-state index in [0.717, 1.165) is 12.0 Å². The van der Waals surface area contributed by atoms with Crippen LogP contribution in [0.2, 0.25) is 0 Å². The first-order valence-corrected chi connectivity index (χ1v) is 7.70. The fourth-order valence-corrected chi connectivity index (χ4v) is 4.43. The summed E-state index contributed by atoms with van der Waals surface area (Å²) in [7, 11) is -3.39. The van der Waals surface area contributed by atoms with Gasteiger partial charge in [0.1, 0.15) is 0 Å². The molecular weight excluding hydrogens is 258 g/mol. The van der Waals surface area contributed by atoms with E-state index in [2.05, 4.69) is 6.08 Å². The lowest BCUT2D eigenvalue weighted by atomic mass is 10.2. The van der Waals surface area contributed by atoms with Crippen LogP contribution >= 0.6 is 11.3 Å². The predicted molar refractivity (Wildman–Crippen MR) is 67.4 cm³/mol. The molecule has 2 rings (SSSR count). The maximum Gasteiger partial charge on any atom is 0.244 e. The van der Waals surface area contributed by atoms with E-state index in [1.165, 1.54) is 15.6 Å². The van der Waals surface area contributed by atoms with Gasteiger partial charge >= 0.3 is 0 Å². The fourth-order valence-electron chi connectivity index (χ4n) is 1.81. The molecule has 0 aromatic carbocycles. The topological polar surface area (TPSA) is 57.6 Å². The second-order valence-electron chi connectivity index (χ2n) is 4.08. The molecule has 0 radical (unpaired) electrons. The van der Waals surface area contributed by atoms with E-state index in [-0.39, 0.29) is 6.61 Å². The minimum absolute atomic E-state index is 0.112. The molecular formula is C11H15NO3S2. The van der Waals surface area contributed by atoms with Crippen molar-refractivity contribution in [1.29, 1.82) is 0 Å². The maximum absolute atomic E-state index is 12.3. The number of rotatable bonds is 3. The fraction of sp³-hybridized carbons (Fsp3) is 0.455. The molecule has 0 unspecified atom stereocenters. The Balaban J connectivity index is 2.27. The summed E-state index contributed by atoms with van der Waals surface area (Å²) in [5, 5.41) is 10.6. The van der Waals surface area contributed by atoms with Gasteiger partial charge in [-0.15, -0.1) is 11.3 Å². The van der Waals surface area contributed by atoms with Gasteiger partial charge in [-0.1, -0.05) is 11.6 Å². The molecule has 0 saturated heterocycles. The summed E-state index contributed by atoms with van der Waals surface area (Å²) < 4.78 is 26.1. The van der Waals surface area contributed by atoms with Gasteiger partial charge in [-0.2, -0.15) is 4.31 Å². The van der Waals surface area contributed by atoms with Gasteiger partial charge in [0, 0.05) is 23.3 Å². The van der Waals surface area contributed by atoms with Crippen molar-refractivity contribution in [2.45, 2.75) is 24.8 Å². The van der Waals surface area contributed by atoms with Crippen LogP contribution in [0.3, 0.4) is 0 Å². The summed E-state index contributed by atoms with van der Waals surface area (Å²) in [6.07, 6.45) is 2.83. The van der Waals surface area contributed by atoms with Crippen molar-refractivity contribution < 1.29 is 13.5 Å². The Kier molecular flexibility index (Phi) is 3.67. The molecule has 1 N–H and O–H groups in total. The number of thiophene rings is 1. The number of hydrogen-bond donors (Lipinski definition) is 1. The summed E-state index contributed by atoms with van der Waals surface area (Å²) in [6, 6.07) is 1.55. The van der Waals surface area contributed by atoms with Crippen LogP contribution in [0.4, 0.5) is 0 Å². The van der Waals surface area contributed by atoms with Crippen molar-refractivity contribution in [3.8, 4) is 0 Å². The van der Waals surface area contributed by atoms with E-state index < -0.39 is 10.0 Å². The lowest BCUT2D eigenvalue weighted by Crippen LogP contribution is -2.35. The summed E-state index contributed by atoms with van der Waals surface area (Å²) in [4.78, 5) is 0.967. The van der Waals surface area contributed by atoms with Crippen LogP contribution in [-0.2, 0) is 16.6 Å². The molecule has 2 heterocycles. The second-order valence-corrected chi connectivity index (χ2v) is 7.02. The first-order chi connectivity index (χ1) is 8.04. The van der Waals surface area contributed by atoms with Crippen LogP contribution in [0.15, 0.2) is 28.0 Å². The Labute approximate surface area is 105 Å². The summed E-state index contributed by atoms with van der Waals surface area (Å²) in [5.74, 6) is 0. The van der Waals surface area contributed by atoms with Crippen LogP contribution in [0.1, 0.15) is 18.2 Å². The number of aliphatic hydroxyl groups excluding tert-OH is 1. The molecule has 0 amide bonds. The molecule has 17 heavy (non-hydrogen) atoms. The van der Waals surface area contributed by atoms with Crippen molar-refractivity contribution in [1.82, 2.24) is 4.31 Å². The highest BCUT2D eigenvalue weighted by Gasteiger charge is 2.26. The molecule has 0 spiro atoms. The number of hydrogen-bond acceptors (Lipinski definition) is 4. The minimum atomic E-state index is -3.39. The SMILES string of the molecule is CC1=CCCN(S(=O)(=O)c2csc(CO)c2)C1.